The molecule has 1 heterocycles. The molecule has 1 aromatic carbocycles. The predicted octanol–water partition coefficient (Wildman–Crippen LogP) is 2.59. The highest BCUT2D eigenvalue weighted by Crippen LogP contribution is 2.39. The van der Waals surface area contributed by atoms with E-state index in [2.05, 4.69) is 36.6 Å². The van der Waals surface area contributed by atoms with Crippen LogP contribution in [0, 0.1) is 0 Å². The molecule has 2 N–H and O–H groups in total. The van der Waals surface area contributed by atoms with Gasteiger partial charge in [-0.2, -0.15) is 0 Å². The first kappa shape index (κ1) is 12.2. The highest BCUT2D eigenvalue weighted by atomic mass is 16.5. The molecule has 1 aliphatic rings. The summed E-state index contributed by atoms with van der Waals surface area (Å²) in [5, 5.41) is 6.93. The van der Waals surface area contributed by atoms with Crippen LogP contribution >= 0.6 is 0 Å². The van der Waals surface area contributed by atoms with E-state index in [0.717, 1.165) is 25.3 Å². The Bertz CT molecular complexity index is 376. The highest BCUT2D eigenvalue weighted by molar-refractivity contribution is 5.63. The zero-order chi connectivity index (χ0) is 12.3. The fraction of sp³-hybridized carbons (Fsp3) is 0.571. The Balaban J connectivity index is 2.05. The maximum Gasteiger partial charge on any atom is 0.124 e. The first-order valence-corrected chi connectivity index (χ1v) is 6.36. The zero-order valence-corrected chi connectivity index (χ0v) is 10.9. The van der Waals surface area contributed by atoms with Crippen LogP contribution in [0.25, 0.3) is 0 Å². The molecular formula is C14H22N2O. The van der Waals surface area contributed by atoms with Gasteiger partial charge in [0.15, 0.2) is 0 Å². The van der Waals surface area contributed by atoms with E-state index in [1.807, 2.05) is 6.07 Å². The summed E-state index contributed by atoms with van der Waals surface area (Å²) in [5.41, 5.74) is 2.58. The molecule has 2 rings (SSSR count). The molecule has 0 saturated carbocycles. The molecule has 1 atom stereocenters. The van der Waals surface area contributed by atoms with Gasteiger partial charge in [0.25, 0.3) is 0 Å². The lowest BCUT2D eigenvalue weighted by molar-refractivity contribution is 0.406. The zero-order valence-electron chi connectivity index (χ0n) is 10.9. The van der Waals surface area contributed by atoms with Gasteiger partial charge in [0, 0.05) is 29.8 Å². The fourth-order valence-electron chi connectivity index (χ4n) is 2.43. The molecule has 1 aliphatic heterocycles. The molecule has 0 spiro atoms. The van der Waals surface area contributed by atoms with Crippen LogP contribution in [0.3, 0.4) is 0 Å². The van der Waals surface area contributed by atoms with Crippen LogP contribution in [0.2, 0.25) is 0 Å². The van der Waals surface area contributed by atoms with Gasteiger partial charge in [0.2, 0.25) is 0 Å². The van der Waals surface area contributed by atoms with Crippen molar-refractivity contribution in [3.05, 3.63) is 23.8 Å². The summed E-state index contributed by atoms with van der Waals surface area (Å²) in [6.45, 7) is 6.44. The SMILES string of the molecule is COc1cccc2c1C(CCNC(C)C)CN2. The molecule has 0 amide bonds. The summed E-state index contributed by atoms with van der Waals surface area (Å²) >= 11 is 0. The lowest BCUT2D eigenvalue weighted by Gasteiger charge is -2.15. The molecule has 0 fully saturated rings. The molecule has 3 heteroatoms. The molecule has 0 aliphatic carbocycles. The molecule has 0 radical (unpaired) electrons. The van der Waals surface area contributed by atoms with Gasteiger partial charge in [-0.15, -0.1) is 0 Å². The Hall–Kier alpha value is -1.22. The van der Waals surface area contributed by atoms with Crippen molar-refractivity contribution >= 4 is 5.69 Å². The third kappa shape index (κ3) is 2.72. The first-order valence-electron chi connectivity index (χ1n) is 6.36. The predicted molar refractivity (Wildman–Crippen MR) is 72.0 cm³/mol. The average molecular weight is 234 g/mol. The smallest absolute Gasteiger partial charge is 0.124 e. The van der Waals surface area contributed by atoms with Crippen molar-refractivity contribution in [2.45, 2.75) is 32.2 Å². The topological polar surface area (TPSA) is 33.3 Å². The molecule has 0 aromatic heterocycles. The largest absolute Gasteiger partial charge is 0.496 e. The number of anilines is 1. The molecule has 3 nitrogen and oxygen atoms in total. The Labute approximate surface area is 104 Å². The van der Waals surface area contributed by atoms with Gasteiger partial charge in [-0.3, -0.25) is 0 Å². The number of fused-ring (bicyclic) bond motifs is 1. The lowest BCUT2D eigenvalue weighted by Crippen LogP contribution is -2.25. The van der Waals surface area contributed by atoms with Crippen LogP contribution < -0.4 is 15.4 Å². The van der Waals surface area contributed by atoms with Crippen LogP contribution in [0.5, 0.6) is 5.75 Å². The molecular weight excluding hydrogens is 212 g/mol. The number of hydrogen-bond acceptors (Lipinski definition) is 3. The number of nitrogens with one attached hydrogen (secondary N) is 2. The molecule has 0 saturated heterocycles. The quantitative estimate of drug-likeness (QED) is 0.821. The Kier molecular flexibility index (Phi) is 3.89. The number of rotatable bonds is 5. The van der Waals surface area contributed by atoms with Crippen LogP contribution in [0.4, 0.5) is 5.69 Å². The van der Waals surface area contributed by atoms with Crippen molar-refractivity contribution < 1.29 is 4.74 Å². The summed E-state index contributed by atoms with van der Waals surface area (Å²) in [6, 6.07) is 6.78. The Morgan fingerprint density at radius 1 is 1.47 bits per heavy atom. The number of hydrogen-bond donors (Lipinski definition) is 2. The third-order valence-corrected chi connectivity index (χ3v) is 3.28. The summed E-state index contributed by atoms with van der Waals surface area (Å²) in [7, 11) is 1.75. The molecule has 17 heavy (non-hydrogen) atoms. The minimum absolute atomic E-state index is 0.557. The maximum absolute atomic E-state index is 5.45. The van der Waals surface area contributed by atoms with Gasteiger partial charge >= 0.3 is 0 Å². The normalized spacial score (nSPS) is 18.0. The van der Waals surface area contributed by atoms with Crippen LogP contribution in [0.15, 0.2) is 18.2 Å². The summed E-state index contributed by atoms with van der Waals surface area (Å²) < 4.78 is 5.45. The van der Waals surface area contributed by atoms with E-state index in [-0.39, 0.29) is 0 Å². The van der Waals surface area contributed by atoms with Crippen molar-refractivity contribution in [3.63, 3.8) is 0 Å². The molecule has 1 aromatic rings. The monoisotopic (exact) mass is 234 g/mol. The number of benzene rings is 1. The van der Waals surface area contributed by atoms with Gasteiger partial charge in [-0.1, -0.05) is 19.9 Å². The van der Waals surface area contributed by atoms with Gasteiger partial charge < -0.3 is 15.4 Å². The second-order valence-corrected chi connectivity index (χ2v) is 4.90. The molecule has 0 bridgehead atoms. The van der Waals surface area contributed by atoms with E-state index in [0.29, 0.717) is 12.0 Å². The Morgan fingerprint density at radius 3 is 3.00 bits per heavy atom. The summed E-state index contributed by atoms with van der Waals surface area (Å²) in [6.07, 6.45) is 1.15. The summed E-state index contributed by atoms with van der Waals surface area (Å²) in [5.74, 6) is 1.58. The van der Waals surface area contributed by atoms with E-state index < -0.39 is 0 Å². The van der Waals surface area contributed by atoms with Gasteiger partial charge in [-0.05, 0) is 25.1 Å². The highest BCUT2D eigenvalue weighted by Gasteiger charge is 2.25. The average Bonchev–Trinajstić information content (AvgIpc) is 2.72. The van der Waals surface area contributed by atoms with E-state index >= 15 is 0 Å². The van der Waals surface area contributed by atoms with Crippen LogP contribution in [-0.2, 0) is 0 Å². The third-order valence-electron chi connectivity index (χ3n) is 3.28. The van der Waals surface area contributed by atoms with Crippen LogP contribution in [0.1, 0.15) is 31.7 Å². The van der Waals surface area contributed by atoms with Crippen molar-refractivity contribution in [3.8, 4) is 5.75 Å². The van der Waals surface area contributed by atoms with Crippen molar-refractivity contribution in [1.29, 1.82) is 0 Å². The standard InChI is InChI=1S/C14H22N2O/c1-10(2)15-8-7-11-9-16-12-5-4-6-13(17-3)14(11)12/h4-6,10-11,15-16H,7-9H2,1-3H3. The maximum atomic E-state index is 5.45. The van der Waals surface area contributed by atoms with E-state index in [9.17, 15) is 0 Å². The Morgan fingerprint density at radius 2 is 2.29 bits per heavy atom. The minimum atomic E-state index is 0.557. The van der Waals surface area contributed by atoms with Gasteiger partial charge in [0.05, 0.1) is 7.11 Å². The number of ether oxygens (including phenoxy) is 1. The van der Waals surface area contributed by atoms with Gasteiger partial charge in [0.1, 0.15) is 5.75 Å². The van der Waals surface area contributed by atoms with E-state index in [1.165, 1.54) is 11.3 Å². The van der Waals surface area contributed by atoms with Crippen LogP contribution in [-0.4, -0.2) is 26.2 Å². The molecule has 94 valence electrons. The molecule has 1 unspecified atom stereocenters. The van der Waals surface area contributed by atoms with E-state index in [1.54, 1.807) is 7.11 Å². The summed E-state index contributed by atoms with van der Waals surface area (Å²) in [4.78, 5) is 0. The minimum Gasteiger partial charge on any atom is -0.496 e. The first-order chi connectivity index (χ1) is 8.22. The van der Waals surface area contributed by atoms with Crippen molar-refractivity contribution in [1.82, 2.24) is 5.32 Å². The van der Waals surface area contributed by atoms with E-state index in [4.69, 9.17) is 4.74 Å². The fourth-order valence-corrected chi connectivity index (χ4v) is 2.43. The van der Waals surface area contributed by atoms with Crippen molar-refractivity contribution in [2.75, 3.05) is 25.5 Å². The number of methoxy groups -OCH3 is 1. The van der Waals surface area contributed by atoms with Crippen molar-refractivity contribution in [2.24, 2.45) is 0 Å². The lowest BCUT2D eigenvalue weighted by atomic mass is 9.97. The second kappa shape index (κ2) is 5.41. The van der Waals surface area contributed by atoms with Gasteiger partial charge in [-0.25, -0.2) is 0 Å². The second-order valence-electron chi connectivity index (χ2n) is 4.90.